The molecule has 1 aromatic carbocycles. The minimum atomic E-state index is 0.525. The third-order valence-corrected chi connectivity index (χ3v) is 5.21. The van der Waals surface area contributed by atoms with Gasteiger partial charge in [0.05, 0.1) is 11.3 Å². The molecule has 0 saturated carbocycles. The quantitative estimate of drug-likeness (QED) is 0.388. The van der Waals surface area contributed by atoms with Crippen molar-refractivity contribution in [3.8, 4) is 33.7 Å². The van der Waals surface area contributed by atoms with E-state index < -0.39 is 0 Å². The molecule has 5 aromatic rings. The average molecular weight is 403 g/mol. The molecule has 0 bridgehead atoms. The lowest BCUT2D eigenvalue weighted by molar-refractivity contribution is 0.574. The largest absolute Gasteiger partial charge is 0.461 e. The zero-order valence-electron chi connectivity index (χ0n) is 12.9. The van der Waals surface area contributed by atoms with E-state index in [0.29, 0.717) is 43.1 Å². The van der Waals surface area contributed by atoms with Crippen LogP contribution in [0.25, 0.3) is 38.6 Å². The van der Waals surface area contributed by atoms with E-state index in [1.807, 2.05) is 24.3 Å². The van der Waals surface area contributed by atoms with Crippen LogP contribution in [-0.4, -0.2) is 19.8 Å². The van der Waals surface area contributed by atoms with Crippen molar-refractivity contribution in [2.24, 2.45) is 0 Å². The van der Waals surface area contributed by atoms with Crippen LogP contribution in [0, 0.1) is 0 Å². The van der Waals surface area contributed by atoms with Crippen molar-refractivity contribution in [2.75, 3.05) is 0 Å². The van der Waals surface area contributed by atoms with Crippen molar-refractivity contribution in [3.63, 3.8) is 0 Å². The van der Waals surface area contributed by atoms with Gasteiger partial charge in [0.25, 0.3) is 0 Å². The predicted octanol–water partition coefficient (Wildman–Crippen LogP) is 5.68. The van der Waals surface area contributed by atoms with Crippen molar-refractivity contribution < 1.29 is 8.83 Å². The van der Waals surface area contributed by atoms with E-state index in [4.69, 9.17) is 32.0 Å². The van der Waals surface area contributed by atoms with Crippen LogP contribution in [0.3, 0.4) is 0 Å². The van der Waals surface area contributed by atoms with Gasteiger partial charge in [-0.25, -0.2) is 0 Å². The fourth-order valence-corrected chi connectivity index (χ4v) is 3.87. The highest BCUT2D eigenvalue weighted by Gasteiger charge is 2.18. The molecule has 0 atom stereocenters. The topological polar surface area (TPSA) is 69.4 Å². The molecular weight excluding hydrogens is 395 g/mol. The van der Waals surface area contributed by atoms with Crippen molar-refractivity contribution in [2.45, 2.75) is 0 Å². The Kier molecular flexibility index (Phi) is 3.59. The van der Waals surface area contributed by atoms with Gasteiger partial charge in [-0.05, 0) is 42.5 Å². The highest BCUT2D eigenvalue weighted by Crippen LogP contribution is 2.35. The normalized spacial score (nSPS) is 11.5. The van der Waals surface area contributed by atoms with Crippen LogP contribution in [-0.2, 0) is 0 Å². The minimum Gasteiger partial charge on any atom is -0.461 e. The Morgan fingerprint density at radius 1 is 0.962 bits per heavy atom. The second kappa shape index (κ2) is 5.98. The molecule has 4 heterocycles. The van der Waals surface area contributed by atoms with E-state index in [1.165, 1.54) is 11.3 Å². The molecule has 0 radical (unpaired) electrons. The smallest absolute Gasteiger partial charge is 0.235 e. The van der Waals surface area contributed by atoms with Crippen LogP contribution in [0.15, 0.2) is 57.6 Å². The van der Waals surface area contributed by atoms with Gasteiger partial charge in [0.2, 0.25) is 10.8 Å². The lowest BCUT2D eigenvalue weighted by Crippen LogP contribution is -1.89. The molecule has 128 valence electrons. The number of halogens is 2. The Morgan fingerprint density at radius 3 is 2.65 bits per heavy atom. The summed E-state index contributed by atoms with van der Waals surface area (Å²) >= 11 is 13.6. The molecule has 0 N–H and O–H groups in total. The number of hydrogen-bond acceptors (Lipinski definition) is 6. The molecule has 0 aliphatic carbocycles. The Bertz CT molecular complexity index is 1220. The number of benzene rings is 1. The summed E-state index contributed by atoms with van der Waals surface area (Å²) in [6.45, 7) is 0. The van der Waals surface area contributed by atoms with Gasteiger partial charge in [-0.2, -0.15) is 4.52 Å². The minimum absolute atomic E-state index is 0.525. The summed E-state index contributed by atoms with van der Waals surface area (Å²) in [7, 11) is 0. The number of hydrogen-bond donors (Lipinski definition) is 0. The molecule has 0 unspecified atom stereocenters. The molecule has 26 heavy (non-hydrogen) atoms. The summed E-state index contributed by atoms with van der Waals surface area (Å²) in [5.41, 5.74) is 0.765. The summed E-state index contributed by atoms with van der Waals surface area (Å²) < 4.78 is 13.0. The van der Waals surface area contributed by atoms with Gasteiger partial charge in [-0.1, -0.05) is 34.5 Å². The SMILES string of the molecule is Clc1ccc(-c2ccc(-c3nn4c(-c5ccco5)nnc4s3)o2)c(Cl)c1. The molecular formula is C17H8Cl2N4O2S. The molecule has 9 heteroatoms. The van der Waals surface area contributed by atoms with E-state index in [9.17, 15) is 0 Å². The van der Waals surface area contributed by atoms with Crippen LogP contribution in [0.4, 0.5) is 0 Å². The van der Waals surface area contributed by atoms with Crippen LogP contribution in [0.2, 0.25) is 10.0 Å². The standard InChI is InChI=1S/C17H8Cl2N4O2S/c18-9-3-4-10(11(19)8-9)12-5-6-14(25-12)16-22-23-15(13-2-1-7-24-13)20-21-17(23)26-16/h1-8H. The average Bonchev–Trinajstić information content (AvgIpc) is 3.38. The molecule has 0 aliphatic rings. The van der Waals surface area contributed by atoms with Gasteiger partial charge in [0.15, 0.2) is 16.5 Å². The Hall–Kier alpha value is -2.61. The summed E-state index contributed by atoms with van der Waals surface area (Å²) in [5, 5.41) is 14.6. The van der Waals surface area contributed by atoms with Crippen molar-refractivity contribution in [3.05, 3.63) is 58.8 Å². The molecule has 0 fully saturated rings. The second-order valence-electron chi connectivity index (χ2n) is 5.39. The second-order valence-corrected chi connectivity index (χ2v) is 7.19. The van der Waals surface area contributed by atoms with Crippen molar-refractivity contribution in [1.82, 2.24) is 19.8 Å². The maximum Gasteiger partial charge on any atom is 0.235 e. The number of aromatic nitrogens is 4. The molecule has 5 rings (SSSR count). The highest BCUT2D eigenvalue weighted by molar-refractivity contribution is 7.19. The van der Waals surface area contributed by atoms with Crippen molar-refractivity contribution in [1.29, 1.82) is 0 Å². The van der Waals surface area contributed by atoms with E-state index in [2.05, 4.69) is 15.3 Å². The van der Waals surface area contributed by atoms with E-state index in [-0.39, 0.29) is 0 Å². The number of rotatable bonds is 3. The van der Waals surface area contributed by atoms with E-state index >= 15 is 0 Å². The first-order valence-electron chi connectivity index (χ1n) is 7.51. The number of fused-ring (bicyclic) bond motifs is 1. The molecule has 0 amide bonds. The maximum atomic E-state index is 6.25. The van der Waals surface area contributed by atoms with Crippen LogP contribution >= 0.6 is 34.5 Å². The lowest BCUT2D eigenvalue weighted by atomic mass is 10.2. The van der Waals surface area contributed by atoms with Crippen LogP contribution in [0.5, 0.6) is 0 Å². The van der Waals surface area contributed by atoms with Gasteiger partial charge in [0.1, 0.15) is 5.76 Å². The van der Waals surface area contributed by atoms with Crippen LogP contribution in [0.1, 0.15) is 0 Å². The van der Waals surface area contributed by atoms with Gasteiger partial charge in [-0.15, -0.1) is 15.3 Å². The lowest BCUT2D eigenvalue weighted by Gasteiger charge is -2.00. The summed E-state index contributed by atoms with van der Waals surface area (Å²) in [6, 6.07) is 12.6. The van der Waals surface area contributed by atoms with Gasteiger partial charge in [-0.3, -0.25) is 0 Å². The molecule has 4 aromatic heterocycles. The predicted molar refractivity (Wildman–Crippen MR) is 99.5 cm³/mol. The number of furan rings is 2. The third kappa shape index (κ3) is 2.52. The van der Waals surface area contributed by atoms with E-state index in [0.717, 1.165) is 5.56 Å². The summed E-state index contributed by atoms with van der Waals surface area (Å²) in [6.07, 6.45) is 1.58. The van der Waals surface area contributed by atoms with E-state index in [1.54, 1.807) is 29.0 Å². The zero-order valence-corrected chi connectivity index (χ0v) is 15.2. The monoisotopic (exact) mass is 402 g/mol. The maximum absolute atomic E-state index is 6.25. The zero-order chi connectivity index (χ0) is 17.7. The molecule has 0 aliphatic heterocycles. The fourth-order valence-electron chi connectivity index (χ4n) is 2.56. The van der Waals surface area contributed by atoms with Gasteiger partial charge < -0.3 is 8.83 Å². The molecule has 0 saturated heterocycles. The first kappa shape index (κ1) is 15.6. The molecule has 6 nitrogen and oxygen atoms in total. The number of nitrogens with zero attached hydrogens (tertiary/aromatic N) is 4. The fraction of sp³-hybridized carbons (Fsp3) is 0. The highest BCUT2D eigenvalue weighted by atomic mass is 35.5. The Morgan fingerprint density at radius 2 is 1.85 bits per heavy atom. The van der Waals surface area contributed by atoms with Crippen molar-refractivity contribution >= 4 is 39.5 Å². The van der Waals surface area contributed by atoms with Gasteiger partial charge in [0, 0.05) is 10.6 Å². The molecule has 0 spiro atoms. The Balaban J connectivity index is 1.56. The summed E-state index contributed by atoms with van der Waals surface area (Å²) in [5.74, 6) is 2.40. The first-order chi connectivity index (χ1) is 12.7. The first-order valence-corrected chi connectivity index (χ1v) is 9.08. The summed E-state index contributed by atoms with van der Waals surface area (Å²) in [4.78, 5) is 0.647. The van der Waals surface area contributed by atoms with Crippen LogP contribution < -0.4 is 0 Å². The van der Waals surface area contributed by atoms with Gasteiger partial charge >= 0.3 is 0 Å². The Labute approximate surface area is 160 Å². The third-order valence-electron chi connectivity index (χ3n) is 3.75.